The largest absolute Gasteiger partial charge is 0.503 e. The van der Waals surface area contributed by atoms with Gasteiger partial charge in [-0.2, -0.15) is 0 Å². The van der Waals surface area contributed by atoms with Crippen molar-refractivity contribution < 1.29 is 19.7 Å². The van der Waals surface area contributed by atoms with E-state index in [-0.39, 0.29) is 11.3 Å². The number of ether oxygens (including phenoxy) is 1. The van der Waals surface area contributed by atoms with Crippen LogP contribution in [0.2, 0.25) is 0 Å². The predicted octanol–water partition coefficient (Wildman–Crippen LogP) is 3.47. The highest BCUT2D eigenvalue weighted by atomic mass is 79.9. The van der Waals surface area contributed by atoms with Crippen molar-refractivity contribution in [1.29, 1.82) is 0 Å². The molecular weight excluding hydrogens is 338 g/mol. The minimum atomic E-state index is -0.965. The predicted molar refractivity (Wildman–Crippen MR) is 83.1 cm³/mol. The third kappa shape index (κ3) is 3.66. The summed E-state index contributed by atoms with van der Waals surface area (Å²) in [4.78, 5) is 10.9. The Balaban J connectivity index is 2.15. The number of anilines is 1. The summed E-state index contributed by atoms with van der Waals surface area (Å²) in [6, 6.07) is 10.1. The quantitative estimate of drug-likeness (QED) is 0.768. The van der Waals surface area contributed by atoms with Crippen LogP contribution in [0.3, 0.4) is 0 Å². The van der Waals surface area contributed by atoms with Crippen LogP contribution < -0.4 is 10.1 Å². The highest BCUT2D eigenvalue weighted by Crippen LogP contribution is 2.35. The lowest BCUT2D eigenvalue weighted by Gasteiger charge is -2.11. The molecule has 2 rings (SSSR count). The molecule has 0 amide bonds. The van der Waals surface area contributed by atoms with Crippen LogP contribution in [-0.2, 0) is 6.54 Å². The van der Waals surface area contributed by atoms with Gasteiger partial charge in [-0.15, -0.1) is 0 Å². The summed E-state index contributed by atoms with van der Waals surface area (Å²) in [6.07, 6.45) is 0. The smallest absolute Gasteiger partial charge is 0.335 e. The second kappa shape index (κ2) is 6.49. The van der Waals surface area contributed by atoms with Crippen LogP contribution in [0.25, 0.3) is 0 Å². The number of benzene rings is 2. The zero-order valence-electron chi connectivity index (χ0n) is 11.3. The van der Waals surface area contributed by atoms with Crippen LogP contribution in [0, 0.1) is 0 Å². The van der Waals surface area contributed by atoms with E-state index in [0.717, 1.165) is 5.56 Å². The normalized spacial score (nSPS) is 10.2. The highest BCUT2D eigenvalue weighted by Gasteiger charge is 2.09. The summed E-state index contributed by atoms with van der Waals surface area (Å²) in [6.45, 7) is 0.471. The zero-order chi connectivity index (χ0) is 15.4. The van der Waals surface area contributed by atoms with Crippen LogP contribution >= 0.6 is 15.9 Å². The van der Waals surface area contributed by atoms with Crippen LogP contribution in [0.5, 0.6) is 11.5 Å². The Kier molecular flexibility index (Phi) is 4.70. The van der Waals surface area contributed by atoms with Crippen LogP contribution in [-0.4, -0.2) is 23.3 Å². The van der Waals surface area contributed by atoms with Gasteiger partial charge in [0.05, 0.1) is 17.1 Å². The molecule has 0 atom stereocenters. The first-order valence-electron chi connectivity index (χ1n) is 6.14. The molecule has 0 aliphatic carbocycles. The van der Waals surface area contributed by atoms with Gasteiger partial charge in [-0.25, -0.2) is 4.79 Å². The van der Waals surface area contributed by atoms with Gasteiger partial charge in [-0.3, -0.25) is 0 Å². The zero-order valence-corrected chi connectivity index (χ0v) is 12.8. The maximum atomic E-state index is 10.9. The number of nitrogens with one attached hydrogen (secondary N) is 1. The molecule has 0 saturated heterocycles. The van der Waals surface area contributed by atoms with Crippen molar-refractivity contribution in [1.82, 2.24) is 0 Å². The summed E-state index contributed by atoms with van der Waals surface area (Å²) in [5.74, 6) is -0.540. The first-order valence-corrected chi connectivity index (χ1v) is 6.93. The third-order valence-corrected chi connectivity index (χ3v) is 3.52. The summed E-state index contributed by atoms with van der Waals surface area (Å²) >= 11 is 3.26. The first kappa shape index (κ1) is 15.2. The number of aromatic carboxylic acids is 1. The van der Waals surface area contributed by atoms with Gasteiger partial charge in [0, 0.05) is 12.2 Å². The number of aromatic hydroxyl groups is 1. The molecule has 110 valence electrons. The summed E-state index contributed by atoms with van der Waals surface area (Å²) in [5, 5.41) is 21.8. The number of hydrogen-bond acceptors (Lipinski definition) is 4. The number of hydrogen-bond donors (Lipinski definition) is 3. The Morgan fingerprint density at radius 3 is 2.76 bits per heavy atom. The third-order valence-electron chi connectivity index (χ3n) is 2.91. The van der Waals surface area contributed by atoms with Crippen molar-refractivity contribution in [3.05, 3.63) is 52.0 Å². The molecule has 2 aromatic carbocycles. The molecular formula is C15H14BrNO4. The standard InChI is InChI=1S/C15H14BrNO4/c1-21-13-6-9(5-12(16)14(13)18)8-17-11-4-2-3-10(7-11)15(19)20/h2-7,17-18H,8H2,1H3,(H,19,20). The SMILES string of the molecule is COc1cc(CNc2cccc(C(=O)O)c2)cc(Br)c1O. The number of carboxylic acid groups (broad SMARTS) is 1. The number of carboxylic acids is 1. The molecule has 3 N–H and O–H groups in total. The number of rotatable bonds is 5. The van der Waals surface area contributed by atoms with E-state index in [0.29, 0.717) is 22.5 Å². The van der Waals surface area contributed by atoms with Gasteiger partial charge >= 0.3 is 5.97 Å². The van der Waals surface area contributed by atoms with Crippen molar-refractivity contribution in [3.63, 3.8) is 0 Å². The lowest BCUT2D eigenvalue weighted by Crippen LogP contribution is -2.02. The second-order valence-corrected chi connectivity index (χ2v) is 5.22. The molecule has 6 heteroatoms. The van der Waals surface area contributed by atoms with Crippen molar-refractivity contribution in [3.8, 4) is 11.5 Å². The Hall–Kier alpha value is -2.21. The minimum Gasteiger partial charge on any atom is -0.503 e. The molecule has 0 heterocycles. The molecule has 5 nitrogen and oxygen atoms in total. The lowest BCUT2D eigenvalue weighted by atomic mass is 10.1. The van der Waals surface area contributed by atoms with Gasteiger partial charge in [-0.05, 0) is 51.8 Å². The number of phenols is 1. The summed E-state index contributed by atoms with van der Waals surface area (Å²) < 4.78 is 5.62. The molecule has 0 aromatic heterocycles. The van der Waals surface area contributed by atoms with Gasteiger partial charge in [0.15, 0.2) is 11.5 Å². The van der Waals surface area contributed by atoms with E-state index in [4.69, 9.17) is 9.84 Å². The molecule has 21 heavy (non-hydrogen) atoms. The highest BCUT2D eigenvalue weighted by molar-refractivity contribution is 9.10. The second-order valence-electron chi connectivity index (χ2n) is 4.37. The summed E-state index contributed by atoms with van der Waals surface area (Å²) in [5.41, 5.74) is 1.82. The van der Waals surface area contributed by atoms with E-state index in [1.165, 1.54) is 13.2 Å². The monoisotopic (exact) mass is 351 g/mol. The lowest BCUT2D eigenvalue weighted by molar-refractivity contribution is 0.0697. The molecule has 0 aliphatic heterocycles. The maximum Gasteiger partial charge on any atom is 0.335 e. The Bertz CT molecular complexity index is 673. The van der Waals surface area contributed by atoms with E-state index in [9.17, 15) is 9.90 Å². The van der Waals surface area contributed by atoms with Crippen molar-refractivity contribution in [2.45, 2.75) is 6.54 Å². The van der Waals surface area contributed by atoms with E-state index in [2.05, 4.69) is 21.2 Å². The minimum absolute atomic E-state index is 0.0501. The van der Waals surface area contributed by atoms with Gasteiger partial charge < -0.3 is 20.3 Å². The fraction of sp³-hybridized carbons (Fsp3) is 0.133. The molecule has 0 radical (unpaired) electrons. The van der Waals surface area contributed by atoms with Crippen LogP contribution in [0.4, 0.5) is 5.69 Å². The first-order chi connectivity index (χ1) is 10.0. The van der Waals surface area contributed by atoms with Gasteiger partial charge in [0.1, 0.15) is 0 Å². The molecule has 2 aromatic rings. The number of halogens is 1. The van der Waals surface area contributed by atoms with Gasteiger partial charge in [0.2, 0.25) is 0 Å². The Labute approximate surface area is 130 Å². The number of methoxy groups -OCH3 is 1. The molecule has 0 bridgehead atoms. The number of phenolic OH excluding ortho intramolecular Hbond substituents is 1. The summed E-state index contributed by atoms with van der Waals surface area (Å²) in [7, 11) is 1.48. The van der Waals surface area contributed by atoms with Crippen LogP contribution in [0.1, 0.15) is 15.9 Å². The van der Waals surface area contributed by atoms with Crippen molar-refractivity contribution >= 4 is 27.6 Å². The van der Waals surface area contributed by atoms with Crippen LogP contribution in [0.15, 0.2) is 40.9 Å². The van der Waals surface area contributed by atoms with Gasteiger partial charge in [-0.1, -0.05) is 6.07 Å². The molecule has 0 unspecified atom stereocenters. The molecule has 0 spiro atoms. The molecule has 0 aliphatic rings. The van der Waals surface area contributed by atoms with E-state index in [1.54, 1.807) is 30.3 Å². The maximum absolute atomic E-state index is 10.9. The molecule has 0 saturated carbocycles. The van der Waals surface area contributed by atoms with Gasteiger partial charge in [0.25, 0.3) is 0 Å². The average Bonchev–Trinajstić information content (AvgIpc) is 2.48. The topological polar surface area (TPSA) is 78.8 Å². The molecule has 0 fully saturated rings. The average molecular weight is 352 g/mol. The Morgan fingerprint density at radius 1 is 1.33 bits per heavy atom. The van der Waals surface area contributed by atoms with Crippen molar-refractivity contribution in [2.24, 2.45) is 0 Å². The van der Waals surface area contributed by atoms with E-state index >= 15 is 0 Å². The van der Waals surface area contributed by atoms with E-state index in [1.807, 2.05) is 0 Å². The Morgan fingerprint density at radius 2 is 2.10 bits per heavy atom. The van der Waals surface area contributed by atoms with E-state index < -0.39 is 5.97 Å². The fourth-order valence-corrected chi connectivity index (χ4v) is 2.34. The fourth-order valence-electron chi connectivity index (χ4n) is 1.85. The number of carbonyl (C=O) groups is 1. The van der Waals surface area contributed by atoms with Crippen molar-refractivity contribution in [2.75, 3.05) is 12.4 Å².